The molecule has 2 fully saturated rings. The van der Waals surface area contributed by atoms with E-state index in [0.717, 1.165) is 24.0 Å². The van der Waals surface area contributed by atoms with Crippen molar-refractivity contribution in [2.75, 3.05) is 13.1 Å². The molecule has 1 aliphatic carbocycles. The second-order valence-electron chi connectivity index (χ2n) is 6.19. The van der Waals surface area contributed by atoms with Gasteiger partial charge in [-0.05, 0) is 44.4 Å². The van der Waals surface area contributed by atoms with Gasteiger partial charge in [0.15, 0.2) is 0 Å². The highest BCUT2D eigenvalue weighted by atomic mass is 15.3. The molecule has 17 heavy (non-hydrogen) atoms. The summed E-state index contributed by atoms with van der Waals surface area (Å²) in [5.74, 6) is 0.969. The second-order valence-corrected chi connectivity index (χ2v) is 6.19. The third-order valence-corrected chi connectivity index (χ3v) is 4.96. The molecule has 2 unspecified atom stereocenters. The van der Waals surface area contributed by atoms with E-state index in [9.17, 15) is 0 Å². The van der Waals surface area contributed by atoms with Crippen molar-refractivity contribution < 1.29 is 0 Å². The fourth-order valence-electron chi connectivity index (χ4n) is 3.56. The maximum Gasteiger partial charge on any atom is 0.0221 e. The van der Waals surface area contributed by atoms with Crippen LogP contribution < -0.4 is 5.32 Å². The average Bonchev–Trinajstić information content (AvgIpc) is 2.39. The number of piperazine rings is 1. The quantitative estimate of drug-likeness (QED) is 0.813. The zero-order valence-electron chi connectivity index (χ0n) is 11.9. The van der Waals surface area contributed by atoms with Crippen molar-refractivity contribution >= 4 is 0 Å². The zero-order valence-corrected chi connectivity index (χ0v) is 11.9. The fraction of sp³-hybridized carbons (Fsp3) is 1.00. The molecule has 1 aliphatic heterocycles. The third-order valence-electron chi connectivity index (χ3n) is 4.96. The largest absolute Gasteiger partial charge is 0.311 e. The molecular weight excluding hydrogens is 208 g/mol. The minimum absolute atomic E-state index is 0.733. The van der Waals surface area contributed by atoms with Gasteiger partial charge < -0.3 is 5.32 Å². The molecule has 0 radical (unpaired) electrons. The van der Waals surface area contributed by atoms with Crippen LogP contribution >= 0.6 is 0 Å². The molecule has 0 aromatic rings. The highest BCUT2D eigenvalue weighted by Gasteiger charge is 2.32. The highest BCUT2D eigenvalue weighted by molar-refractivity contribution is 4.90. The van der Waals surface area contributed by atoms with Gasteiger partial charge in [0.25, 0.3) is 0 Å². The van der Waals surface area contributed by atoms with E-state index in [1.165, 1.54) is 51.6 Å². The smallest absolute Gasteiger partial charge is 0.0221 e. The van der Waals surface area contributed by atoms with Gasteiger partial charge in [0.1, 0.15) is 0 Å². The molecule has 1 heterocycles. The first-order valence-corrected chi connectivity index (χ1v) is 7.73. The molecule has 2 aliphatic rings. The Morgan fingerprint density at radius 2 is 1.76 bits per heavy atom. The Labute approximate surface area is 107 Å². The third kappa shape index (κ3) is 3.23. The monoisotopic (exact) mass is 238 g/mol. The first kappa shape index (κ1) is 13.4. The Hall–Kier alpha value is -0.0800. The Bertz CT molecular complexity index is 221. The second kappa shape index (κ2) is 6.19. The summed E-state index contributed by atoms with van der Waals surface area (Å²) in [6.45, 7) is 9.57. The van der Waals surface area contributed by atoms with Crippen molar-refractivity contribution in [3.63, 3.8) is 0 Å². The predicted molar refractivity (Wildman–Crippen MR) is 74.3 cm³/mol. The Balaban J connectivity index is 1.94. The number of nitrogens with one attached hydrogen (secondary N) is 1. The van der Waals surface area contributed by atoms with Crippen LogP contribution in [-0.2, 0) is 0 Å². The molecule has 0 spiro atoms. The Morgan fingerprint density at radius 3 is 2.35 bits per heavy atom. The maximum atomic E-state index is 3.71. The van der Waals surface area contributed by atoms with Gasteiger partial charge in [-0.15, -0.1) is 0 Å². The van der Waals surface area contributed by atoms with Crippen LogP contribution in [0.1, 0.15) is 59.3 Å². The number of rotatable bonds is 3. The lowest BCUT2D eigenvalue weighted by molar-refractivity contribution is 0.0518. The average molecular weight is 238 g/mol. The van der Waals surface area contributed by atoms with Crippen LogP contribution in [0.4, 0.5) is 0 Å². The molecule has 0 bridgehead atoms. The molecule has 0 aromatic heterocycles. The number of hydrogen-bond acceptors (Lipinski definition) is 2. The van der Waals surface area contributed by atoms with Gasteiger partial charge in [-0.3, -0.25) is 4.90 Å². The van der Waals surface area contributed by atoms with Crippen molar-refractivity contribution in [3.05, 3.63) is 0 Å². The summed E-state index contributed by atoms with van der Waals surface area (Å²) in [5, 5.41) is 3.71. The molecule has 1 saturated carbocycles. The van der Waals surface area contributed by atoms with Crippen LogP contribution in [0, 0.1) is 5.92 Å². The van der Waals surface area contributed by atoms with E-state index in [1.807, 2.05) is 0 Å². The SMILES string of the molecule is CCC1CN(C2CCC(C)CC2)C(CC)CN1. The summed E-state index contributed by atoms with van der Waals surface area (Å²) < 4.78 is 0. The fourth-order valence-corrected chi connectivity index (χ4v) is 3.56. The summed E-state index contributed by atoms with van der Waals surface area (Å²) in [6.07, 6.45) is 8.34. The molecule has 100 valence electrons. The van der Waals surface area contributed by atoms with Gasteiger partial charge in [-0.2, -0.15) is 0 Å². The van der Waals surface area contributed by atoms with E-state index in [4.69, 9.17) is 0 Å². The normalized spacial score (nSPS) is 40.4. The van der Waals surface area contributed by atoms with E-state index in [-0.39, 0.29) is 0 Å². The van der Waals surface area contributed by atoms with E-state index in [2.05, 4.69) is 31.0 Å². The molecule has 1 saturated heterocycles. The van der Waals surface area contributed by atoms with Crippen LogP contribution in [0.2, 0.25) is 0 Å². The minimum atomic E-state index is 0.733. The minimum Gasteiger partial charge on any atom is -0.311 e. The molecule has 2 atom stereocenters. The lowest BCUT2D eigenvalue weighted by Gasteiger charge is -2.46. The number of nitrogens with zero attached hydrogens (tertiary/aromatic N) is 1. The predicted octanol–water partition coefficient (Wildman–Crippen LogP) is 3.03. The van der Waals surface area contributed by atoms with Gasteiger partial charge in [-0.1, -0.05) is 20.8 Å². The van der Waals surface area contributed by atoms with Crippen LogP contribution in [0.3, 0.4) is 0 Å². The zero-order chi connectivity index (χ0) is 12.3. The first-order valence-electron chi connectivity index (χ1n) is 7.73. The number of hydrogen-bond donors (Lipinski definition) is 1. The van der Waals surface area contributed by atoms with E-state index in [0.29, 0.717) is 0 Å². The van der Waals surface area contributed by atoms with Crippen molar-refractivity contribution in [2.45, 2.75) is 77.4 Å². The standard InChI is InChI=1S/C15H30N2/c1-4-13-11-17(14(5-2)10-16-13)15-8-6-12(3)7-9-15/h12-16H,4-11H2,1-3H3. The lowest BCUT2D eigenvalue weighted by atomic mass is 9.85. The molecule has 2 heteroatoms. The Morgan fingerprint density at radius 1 is 1.06 bits per heavy atom. The van der Waals surface area contributed by atoms with Crippen molar-refractivity contribution in [3.8, 4) is 0 Å². The van der Waals surface area contributed by atoms with E-state index >= 15 is 0 Å². The van der Waals surface area contributed by atoms with Crippen LogP contribution in [0.15, 0.2) is 0 Å². The van der Waals surface area contributed by atoms with E-state index < -0.39 is 0 Å². The lowest BCUT2D eigenvalue weighted by Crippen LogP contribution is -2.59. The van der Waals surface area contributed by atoms with Crippen molar-refractivity contribution in [2.24, 2.45) is 5.92 Å². The van der Waals surface area contributed by atoms with Crippen molar-refractivity contribution in [1.82, 2.24) is 10.2 Å². The molecule has 2 nitrogen and oxygen atoms in total. The highest BCUT2D eigenvalue weighted by Crippen LogP contribution is 2.29. The summed E-state index contributed by atoms with van der Waals surface area (Å²) in [4.78, 5) is 2.84. The van der Waals surface area contributed by atoms with Gasteiger partial charge in [-0.25, -0.2) is 0 Å². The van der Waals surface area contributed by atoms with Gasteiger partial charge in [0, 0.05) is 31.2 Å². The van der Waals surface area contributed by atoms with E-state index in [1.54, 1.807) is 0 Å². The van der Waals surface area contributed by atoms with Crippen LogP contribution in [0.25, 0.3) is 0 Å². The van der Waals surface area contributed by atoms with Gasteiger partial charge in [0.05, 0.1) is 0 Å². The first-order chi connectivity index (χ1) is 8.24. The summed E-state index contributed by atoms with van der Waals surface area (Å²) in [6, 6.07) is 2.40. The molecule has 2 rings (SSSR count). The molecular formula is C15H30N2. The molecule has 1 N–H and O–H groups in total. The van der Waals surface area contributed by atoms with Crippen molar-refractivity contribution in [1.29, 1.82) is 0 Å². The van der Waals surface area contributed by atoms with Crippen LogP contribution in [0.5, 0.6) is 0 Å². The topological polar surface area (TPSA) is 15.3 Å². The summed E-state index contributed by atoms with van der Waals surface area (Å²) >= 11 is 0. The maximum absolute atomic E-state index is 3.71. The molecule has 0 aromatic carbocycles. The summed E-state index contributed by atoms with van der Waals surface area (Å²) in [7, 11) is 0. The molecule has 0 amide bonds. The van der Waals surface area contributed by atoms with Crippen LogP contribution in [-0.4, -0.2) is 36.1 Å². The summed E-state index contributed by atoms with van der Waals surface area (Å²) in [5.41, 5.74) is 0. The van der Waals surface area contributed by atoms with Gasteiger partial charge >= 0.3 is 0 Å². The van der Waals surface area contributed by atoms with Gasteiger partial charge in [0.2, 0.25) is 0 Å². The Kier molecular flexibility index (Phi) is 4.87.